The second kappa shape index (κ2) is 5.67. The van der Waals surface area contributed by atoms with Crippen molar-refractivity contribution in [1.29, 1.82) is 0 Å². The first-order valence-electron chi connectivity index (χ1n) is 6.59. The molecule has 1 aromatic rings. The zero-order valence-electron chi connectivity index (χ0n) is 10.9. The quantitative estimate of drug-likeness (QED) is 0.909. The molecule has 0 atom stereocenters. The smallest absolute Gasteiger partial charge is 0.370 e. The van der Waals surface area contributed by atoms with Crippen molar-refractivity contribution in [2.24, 2.45) is 0 Å². The highest BCUT2D eigenvalue weighted by Gasteiger charge is 2.32. The normalized spacial score (nSPS) is 15.9. The van der Waals surface area contributed by atoms with Gasteiger partial charge in [0.05, 0.1) is 5.56 Å². The van der Waals surface area contributed by atoms with Crippen molar-refractivity contribution in [3.63, 3.8) is 0 Å². The summed E-state index contributed by atoms with van der Waals surface area (Å²) in [6.07, 6.45) is -1.47. The average Bonchev–Trinajstić information content (AvgIpc) is 2.89. The van der Waals surface area contributed by atoms with Crippen LogP contribution in [-0.4, -0.2) is 24.6 Å². The number of hydrogen-bond acceptors (Lipinski definition) is 3. The third kappa shape index (κ3) is 3.52. The largest absolute Gasteiger partial charge is 0.416 e. The standard InChI is InChI=1S/C13H18F3N3/c1-2-5-17-11-8-10(13(14,15)16)9-12(18-11)19-6-3-4-7-19/h8-9H,2-7H2,1H3,(H,17,18). The fourth-order valence-corrected chi connectivity index (χ4v) is 2.13. The fraction of sp³-hybridized carbons (Fsp3) is 0.615. The molecule has 2 heterocycles. The number of alkyl halides is 3. The zero-order valence-corrected chi connectivity index (χ0v) is 10.9. The molecular formula is C13H18F3N3. The Hall–Kier alpha value is -1.46. The van der Waals surface area contributed by atoms with Crippen LogP contribution in [0.5, 0.6) is 0 Å². The highest BCUT2D eigenvalue weighted by atomic mass is 19.4. The van der Waals surface area contributed by atoms with E-state index in [1.165, 1.54) is 0 Å². The van der Waals surface area contributed by atoms with Crippen molar-refractivity contribution >= 4 is 11.6 Å². The van der Waals surface area contributed by atoms with Crippen LogP contribution in [-0.2, 0) is 6.18 Å². The number of aromatic nitrogens is 1. The summed E-state index contributed by atoms with van der Waals surface area (Å²) < 4.78 is 38.6. The van der Waals surface area contributed by atoms with E-state index in [4.69, 9.17) is 0 Å². The molecule has 0 aliphatic carbocycles. The highest BCUT2D eigenvalue weighted by Crippen LogP contribution is 2.33. The van der Waals surface area contributed by atoms with Crippen LogP contribution >= 0.6 is 0 Å². The van der Waals surface area contributed by atoms with E-state index in [0.717, 1.165) is 44.5 Å². The van der Waals surface area contributed by atoms with Gasteiger partial charge < -0.3 is 10.2 Å². The number of pyridine rings is 1. The molecule has 0 aromatic carbocycles. The Kier molecular flexibility index (Phi) is 4.17. The first-order valence-corrected chi connectivity index (χ1v) is 6.59. The summed E-state index contributed by atoms with van der Waals surface area (Å²) in [7, 11) is 0. The van der Waals surface area contributed by atoms with E-state index in [1.807, 2.05) is 11.8 Å². The Morgan fingerprint density at radius 1 is 1.26 bits per heavy atom. The summed E-state index contributed by atoms with van der Waals surface area (Å²) >= 11 is 0. The molecule has 0 saturated carbocycles. The molecule has 0 spiro atoms. The number of nitrogens with zero attached hydrogens (tertiary/aromatic N) is 2. The minimum atomic E-state index is -4.33. The molecule has 0 bridgehead atoms. The predicted octanol–water partition coefficient (Wildman–Crippen LogP) is 3.52. The van der Waals surface area contributed by atoms with Gasteiger partial charge in [-0.15, -0.1) is 0 Å². The molecule has 3 nitrogen and oxygen atoms in total. The number of halogens is 3. The van der Waals surface area contributed by atoms with Gasteiger partial charge in [0.25, 0.3) is 0 Å². The van der Waals surface area contributed by atoms with E-state index in [9.17, 15) is 13.2 Å². The van der Waals surface area contributed by atoms with Crippen molar-refractivity contribution in [2.45, 2.75) is 32.4 Å². The maximum atomic E-state index is 12.9. The summed E-state index contributed by atoms with van der Waals surface area (Å²) in [5.41, 5.74) is -0.636. The third-order valence-corrected chi connectivity index (χ3v) is 3.13. The van der Waals surface area contributed by atoms with E-state index in [-0.39, 0.29) is 0 Å². The van der Waals surface area contributed by atoms with Crippen LogP contribution in [0.25, 0.3) is 0 Å². The maximum absolute atomic E-state index is 12.9. The first-order chi connectivity index (χ1) is 9.00. The summed E-state index contributed by atoms with van der Waals surface area (Å²) in [5.74, 6) is 0.726. The molecule has 1 aliphatic rings. The van der Waals surface area contributed by atoms with Gasteiger partial charge in [0.1, 0.15) is 11.6 Å². The Morgan fingerprint density at radius 2 is 1.95 bits per heavy atom. The molecule has 2 rings (SSSR count). The molecule has 0 radical (unpaired) electrons. The summed E-state index contributed by atoms with van der Waals surface area (Å²) in [4.78, 5) is 6.19. The highest BCUT2D eigenvalue weighted by molar-refractivity contribution is 5.51. The van der Waals surface area contributed by atoms with Crippen LogP contribution in [0.1, 0.15) is 31.7 Å². The van der Waals surface area contributed by atoms with Gasteiger partial charge in [-0.3, -0.25) is 0 Å². The molecular weight excluding hydrogens is 255 g/mol. The topological polar surface area (TPSA) is 28.2 Å². The van der Waals surface area contributed by atoms with Crippen molar-refractivity contribution < 1.29 is 13.2 Å². The van der Waals surface area contributed by atoms with Gasteiger partial charge in [0.2, 0.25) is 0 Å². The van der Waals surface area contributed by atoms with E-state index < -0.39 is 11.7 Å². The van der Waals surface area contributed by atoms with Crippen LogP contribution in [0.2, 0.25) is 0 Å². The fourth-order valence-electron chi connectivity index (χ4n) is 2.13. The van der Waals surface area contributed by atoms with Gasteiger partial charge >= 0.3 is 6.18 Å². The molecule has 0 unspecified atom stereocenters. The molecule has 0 amide bonds. The van der Waals surface area contributed by atoms with Crippen LogP contribution in [0.4, 0.5) is 24.8 Å². The number of anilines is 2. The number of rotatable bonds is 4. The van der Waals surface area contributed by atoms with E-state index in [2.05, 4.69) is 10.3 Å². The third-order valence-electron chi connectivity index (χ3n) is 3.13. The monoisotopic (exact) mass is 273 g/mol. The Balaban J connectivity index is 2.30. The predicted molar refractivity (Wildman–Crippen MR) is 69.5 cm³/mol. The lowest BCUT2D eigenvalue weighted by Gasteiger charge is -2.19. The van der Waals surface area contributed by atoms with Gasteiger partial charge in [0.15, 0.2) is 0 Å². The van der Waals surface area contributed by atoms with Gasteiger partial charge in [0, 0.05) is 19.6 Å². The Bertz CT molecular complexity index is 426. The summed E-state index contributed by atoms with van der Waals surface area (Å²) in [5, 5.41) is 2.93. The lowest BCUT2D eigenvalue weighted by Crippen LogP contribution is -2.21. The van der Waals surface area contributed by atoms with Crippen molar-refractivity contribution in [3.8, 4) is 0 Å². The van der Waals surface area contributed by atoms with Gasteiger partial charge in [-0.05, 0) is 31.4 Å². The zero-order chi connectivity index (χ0) is 13.9. The minimum Gasteiger partial charge on any atom is -0.370 e. The lowest BCUT2D eigenvalue weighted by atomic mass is 10.2. The lowest BCUT2D eigenvalue weighted by molar-refractivity contribution is -0.137. The molecule has 106 valence electrons. The van der Waals surface area contributed by atoms with Crippen molar-refractivity contribution in [1.82, 2.24) is 4.98 Å². The minimum absolute atomic E-state index is 0.304. The van der Waals surface area contributed by atoms with Crippen LogP contribution < -0.4 is 10.2 Å². The van der Waals surface area contributed by atoms with Gasteiger partial charge in [-0.1, -0.05) is 6.92 Å². The summed E-state index contributed by atoms with van der Waals surface area (Å²) in [6, 6.07) is 2.22. The second-order valence-corrected chi connectivity index (χ2v) is 4.72. The Labute approximate surface area is 110 Å². The molecule has 1 saturated heterocycles. The number of nitrogens with one attached hydrogen (secondary N) is 1. The maximum Gasteiger partial charge on any atom is 0.416 e. The average molecular weight is 273 g/mol. The van der Waals surface area contributed by atoms with Crippen LogP contribution in [0, 0.1) is 0 Å². The molecule has 1 N–H and O–H groups in total. The second-order valence-electron chi connectivity index (χ2n) is 4.72. The first kappa shape index (κ1) is 14.0. The molecule has 6 heteroatoms. The summed E-state index contributed by atoms with van der Waals surface area (Å²) in [6.45, 7) is 4.14. The van der Waals surface area contributed by atoms with E-state index >= 15 is 0 Å². The Morgan fingerprint density at radius 3 is 2.53 bits per heavy atom. The van der Waals surface area contributed by atoms with Crippen LogP contribution in [0.15, 0.2) is 12.1 Å². The molecule has 19 heavy (non-hydrogen) atoms. The van der Waals surface area contributed by atoms with Crippen molar-refractivity contribution in [2.75, 3.05) is 29.9 Å². The van der Waals surface area contributed by atoms with E-state index in [0.29, 0.717) is 18.2 Å². The molecule has 1 fully saturated rings. The van der Waals surface area contributed by atoms with Crippen molar-refractivity contribution in [3.05, 3.63) is 17.7 Å². The molecule has 1 aliphatic heterocycles. The van der Waals surface area contributed by atoms with Crippen LogP contribution in [0.3, 0.4) is 0 Å². The molecule has 1 aromatic heterocycles. The number of hydrogen-bond donors (Lipinski definition) is 1. The SMILES string of the molecule is CCCNc1cc(C(F)(F)F)cc(N2CCCC2)n1. The van der Waals surface area contributed by atoms with Gasteiger partial charge in [-0.2, -0.15) is 13.2 Å². The van der Waals surface area contributed by atoms with Gasteiger partial charge in [-0.25, -0.2) is 4.98 Å². The van der Waals surface area contributed by atoms with E-state index in [1.54, 1.807) is 0 Å².